The fourth-order valence-electron chi connectivity index (χ4n) is 1.28. The van der Waals surface area contributed by atoms with E-state index >= 15 is 0 Å². The van der Waals surface area contributed by atoms with Crippen molar-refractivity contribution in [3.8, 4) is 0 Å². The Labute approximate surface area is 112 Å². The van der Waals surface area contributed by atoms with Crippen molar-refractivity contribution in [3.05, 3.63) is 45.4 Å². The topological polar surface area (TPSA) is 29.1 Å². The van der Waals surface area contributed by atoms with Gasteiger partial charge in [-0.25, -0.2) is 0 Å². The molecular formula is C12H13Br2NO. The van der Waals surface area contributed by atoms with Crippen molar-refractivity contribution >= 4 is 37.8 Å². The third-order valence-electron chi connectivity index (χ3n) is 2.07. The molecule has 0 aliphatic carbocycles. The lowest BCUT2D eigenvalue weighted by molar-refractivity contribution is 0.0939. The molecule has 0 spiro atoms. The number of hydrogen-bond donors (Lipinski definition) is 1. The minimum absolute atomic E-state index is 0.0810. The number of hydrogen-bond acceptors (Lipinski definition) is 1. The van der Waals surface area contributed by atoms with E-state index in [-0.39, 0.29) is 11.9 Å². The van der Waals surface area contributed by atoms with E-state index in [2.05, 4.69) is 43.8 Å². The Hall–Kier alpha value is -0.610. The second kappa shape index (κ2) is 6.21. The Kier molecular flexibility index (Phi) is 5.22. The van der Waals surface area contributed by atoms with Gasteiger partial charge in [-0.3, -0.25) is 4.79 Å². The van der Waals surface area contributed by atoms with E-state index in [9.17, 15) is 4.79 Å². The van der Waals surface area contributed by atoms with Gasteiger partial charge in [-0.05, 0) is 47.5 Å². The number of halogens is 2. The van der Waals surface area contributed by atoms with Crippen LogP contribution in [0.15, 0.2) is 39.8 Å². The molecule has 1 amide bonds. The van der Waals surface area contributed by atoms with Crippen LogP contribution in [0, 0.1) is 0 Å². The van der Waals surface area contributed by atoms with Gasteiger partial charge in [0.2, 0.25) is 0 Å². The summed E-state index contributed by atoms with van der Waals surface area (Å²) in [6, 6.07) is 5.61. The summed E-state index contributed by atoms with van der Waals surface area (Å²) in [5, 5.41) is 2.90. The molecule has 0 aliphatic heterocycles. The first-order valence-corrected chi connectivity index (χ1v) is 6.50. The second-order valence-electron chi connectivity index (χ2n) is 3.52. The standard InChI is InChI=1S/C12H13Br2NO/c1-3-4-8(2)15-12(16)10-7-9(13)5-6-11(10)14/h3,5-8H,1,4H2,2H3,(H,15,16). The van der Waals surface area contributed by atoms with E-state index in [1.54, 1.807) is 12.1 Å². The molecule has 1 aromatic carbocycles. The highest BCUT2D eigenvalue weighted by molar-refractivity contribution is 9.11. The maximum atomic E-state index is 11.9. The zero-order valence-electron chi connectivity index (χ0n) is 8.97. The van der Waals surface area contributed by atoms with Gasteiger partial charge in [-0.1, -0.05) is 22.0 Å². The molecule has 0 radical (unpaired) electrons. The predicted octanol–water partition coefficient (Wildman–Crippen LogP) is 3.91. The van der Waals surface area contributed by atoms with E-state index < -0.39 is 0 Å². The van der Waals surface area contributed by atoms with Gasteiger partial charge >= 0.3 is 0 Å². The van der Waals surface area contributed by atoms with E-state index in [0.717, 1.165) is 15.4 Å². The van der Waals surface area contributed by atoms with Gasteiger partial charge in [-0.2, -0.15) is 0 Å². The van der Waals surface area contributed by atoms with Crippen molar-refractivity contribution in [1.29, 1.82) is 0 Å². The first-order chi connectivity index (χ1) is 7.54. The van der Waals surface area contributed by atoms with Gasteiger partial charge in [0, 0.05) is 15.0 Å². The van der Waals surface area contributed by atoms with Crippen LogP contribution in [0.5, 0.6) is 0 Å². The monoisotopic (exact) mass is 345 g/mol. The molecule has 0 bridgehead atoms. The third kappa shape index (κ3) is 3.76. The summed E-state index contributed by atoms with van der Waals surface area (Å²) >= 11 is 6.70. The Bertz CT molecular complexity index is 404. The SMILES string of the molecule is C=CCC(C)NC(=O)c1cc(Br)ccc1Br. The summed E-state index contributed by atoms with van der Waals surface area (Å²) in [5.41, 5.74) is 0.630. The number of carbonyl (C=O) groups is 1. The molecule has 0 heterocycles. The first-order valence-electron chi connectivity index (χ1n) is 4.91. The molecule has 0 saturated carbocycles. The smallest absolute Gasteiger partial charge is 0.252 e. The minimum Gasteiger partial charge on any atom is -0.349 e. The van der Waals surface area contributed by atoms with Gasteiger partial charge in [0.05, 0.1) is 5.56 Å². The van der Waals surface area contributed by atoms with Gasteiger partial charge in [0.25, 0.3) is 5.91 Å². The van der Waals surface area contributed by atoms with Crippen LogP contribution >= 0.6 is 31.9 Å². The summed E-state index contributed by atoms with van der Waals surface area (Å²) in [5.74, 6) is -0.0810. The van der Waals surface area contributed by atoms with Crippen molar-refractivity contribution in [2.45, 2.75) is 19.4 Å². The maximum Gasteiger partial charge on any atom is 0.252 e. The van der Waals surface area contributed by atoms with Crippen molar-refractivity contribution in [1.82, 2.24) is 5.32 Å². The Balaban J connectivity index is 2.80. The fraction of sp³-hybridized carbons (Fsp3) is 0.250. The molecule has 4 heteroatoms. The van der Waals surface area contributed by atoms with Gasteiger partial charge in [0.1, 0.15) is 0 Å². The van der Waals surface area contributed by atoms with Crippen LogP contribution in [-0.4, -0.2) is 11.9 Å². The second-order valence-corrected chi connectivity index (χ2v) is 5.29. The van der Waals surface area contributed by atoms with Crippen LogP contribution in [0.25, 0.3) is 0 Å². The first kappa shape index (κ1) is 13.5. The summed E-state index contributed by atoms with van der Waals surface area (Å²) in [7, 11) is 0. The normalized spacial score (nSPS) is 11.9. The number of carbonyl (C=O) groups excluding carboxylic acids is 1. The highest BCUT2D eigenvalue weighted by atomic mass is 79.9. The summed E-state index contributed by atoms with van der Waals surface area (Å²) < 4.78 is 1.68. The highest BCUT2D eigenvalue weighted by Gasteiger charge is 2.12. The Morgan fingerprint density at radius 2 is 2.25 bits per heavy atom. The lowest BCUT2D eigenvalue weighted by Crippen LogP contribution is -2.32. The molecule has 16 heavy (non-hydrogen) atoms. The number of benzene rings is 1. The average Bonchev–Trinajstić information content (AvgIpc) is 2.21. The molecule has 1 rings (SSSR count). The van der Waals surface area contributed by atoms with Gasteiger partial charge < -0.3 is 5.32 Å². The molecule has 2 nitrogen and oxygen atoms in total. The molecular weight excluding hydrogens is 334 g/mol. The van der Waals surface area contributed by atoms with Crippen LogP contribution in [0.2, 0.25) is 0 Å². The molecule has 1 aromatic rings. The molecule has 0 fully saturated rings. The lowest BCUT2D eigenvalue weighted by atomic mass is 10.2. The molecule has 0 aromatic heterocycles. The third-order valence-corrected chi connectivity index (χ3v) is 3.26. The van der Waals surface area contributed by atoms with Crippen LogP contribution in [0.4, 0.5) is 0 Å². The van der Waals surface area contributed by atoms with Gasteiger partial charge in [0.15, 0.2) is 0 Å². The fourth-order valence-corrected chi connectivity index (χ4v) is 2.07. The molecule has 1 atom stereocenters. The van der Waals surface area contributed by atoms with Crippen molar-refractivity contribution in [2.75, 3.05) is 0 Å². The van der Waals surface area contributed by atoms with Gasteiger partial charge in [-0.15, -0.1) is 6.58 Å². The zero-order valence-corrected chi connectivity index (χ0v) is 12.1. The summed E-state index contributed by atoms with van der Waals surface area (Å²) in [6.45, 7) is 5.59. The van der Waals surface area contributed by atoms with Crippen LogP contribution < -0.4 is 5.32 Å². The largest absolute Gasteiger partial charge is 0.349 e. The molecule has 1 N–H and O–H groups in total. The minimum atomic E-state index is -0.0810. The summed E-state index contributed by atoms with van der Waals surface area (Å²) in [6.07, 6.45) is 2.55. The zero-order chi connectivity index (χ0) is 12.1. The van der Waals surface area contributed by atoms with E-state index in [1.807, 2.05) is 19.1 Å². The van der Waals surface area contributed by atoms with Crippen molar-refractivity contribution < 1.29 is 4.79 Å². The lowest BCUT2D eigenvalue weighted by Gasteiger charge is -2.12. The van der Waals surface area contributed by atoms with Crippen LogP contribution in [0.3, 0.4) is 0 Å². The van der Waals surface area contributed by atoms with E-state index in [1.165, 1.54) is 0 Å². The number of amides is 1. The van der Waals surface area contributed by atoms with Crippen molar-refractivity contribution in [2.24, 2.45) is 0 Å². The molecule has 1 unspecified atom stereocenters. The molecule has 86 valence electrons. The van der Waals surface area contributed by atoms with E-state index in [0.29, 0.717) is 5.56 Å². The van der Waals surface area contributed by atoms with Crippen molar-refractivity contribution in [3.63, 3.8) is 0 Å². The number of rotatable bonds is 4. The van der Waals surface area contributed by atoms with Crippen LogP contribution in [-0.2, 0) is 0 Å². The van der Waals surface area contributed by atoms with E-state index in [4.69, 9.17) is 0 Å². The predicted molar refractivity (Wildman–Crippen MR) is 73.6 cm³/mol. The molecule has 0 aliphatic rings. The van der Waals surface area contributed by atoms with Crippen LogP contribution in [0.1, 0.15) is 23.7 Å². The quantitative estimate of drug-likeness (QED) is 0.823. The summed E-state index contributed by atoms with van der Waals surface area (Å²) in [4.78, 5) is 11.9. The molecule has 0 saturated heterocycles. The number of nitrogens with one attached hydrogen (secondary N) is 1. The average molecular weight is 347 g/mol. The Morgan fingerprint density at radius 3 is 2.88 bits per heavy atom. The maximum absolute atomic E-state index is 11.9. The Morgan fingerprint density at radius 1 is 1.56 bits per heavy atom. The highest BCUT2D eigenvalue weighted by Crippen LogP contribution is 2.21.